The SMILES string of the molecule is CCC(C)C(Cc1ccco1)NN. The van der Waals surface area contributed by atoms with Crippen molar-refractivity contribution in [2.45, 2.75) is 32.7 Å². The van der Waals surface area contributed by atoms with Gasteiger partial charge in [-0.2, -0.15) is 0 Å². The molecule has 1 aromatic heterocycles. The number of rotatable bonds is 5. The number of hydrazine groups is 1. The molecule has 0 aliphatic heterocycles. The van der Waals surface area contributed by atoms with E-state index >= 15 is 0 Å². The maximum absolute atomic E-state index is 5.47. The van der Waals surface area contributed by atoms with Crippen molar-refractivity contribution >= 4 is 0 Å². The number of nitrogens with one attached hydrogen (secondary N) is 1. The number of nitrogens with two attached hydrogens (primary N) is 1. The molecule has 3 N–H and O–H groups in total. The average molecular weight is 182 g/mol. The maximum Gasteiger partial charge on any atom is 0.105 e. The number of hydrogen-bond donors (Lipinski definition) is 2. The molecule has 0 spiro atoms. The fraction of sp³-hybridized carbons (Fsp3) is 0.600. The van der Waals surface area contributed by atoms with Gasteiger partial charge in [-0.05, 0) is 18.1 Å². The highest BCUT2D eigenvalue weighted by molar-refractivity contribution is 5.00. The lowest BCUT2D eigenvalue weighted by molar-refractivity contribution is 0.346. The van der Waals surface area contributed by atoms with Crippen molar-refractivity contribution in [1.29, 1.82) is 0 Å². The van der Waals surface area contributed by atoms with Gasteiger partial charge in [-0.1, -0.05) is 20.3 Å². The van der Waals surface area contributed by atoms with E-state index in [0.29, 0.717) is 12.0 Å². The molecule has 0 bridgehead atoms. The van der Waals surface area contributed by atoms with Gasteiger partial charge in [0.05, 0.1) is 6.26 Å². The van der Waals surface area contributed by atoms with Gasteiger partial charge in [0.2, 0.25) is 0 Å². The first-order chi connectivity index (χ1) is 6.27. The summed E-state index contributed by atoms with van der Waals surface area (Å²) in [4.78, 5) is 0. The molecule has 0 saturated carbocycles. The summed E-state index contributed by atoms with van der Waals surface area (Å²) in [6.45, 7) is 4.35. The Morgan fingerprint density at radius 1 is 1.62 bits per heavy atom. The molecular formula is C10H18N2O. The highest BCUT2D eigenvalue weighted by atomic mass is 16.3. The van der Waals surface area contributed by atoms with Crippen LogP contribution in [0, 0.1) is 5.92 Å². The normalized spacial score (nSPS) is 15.6. The Balaban J connectivity index is 2.49. The average Bonchev–Trinajstić information content (AvgIpc) is 2.65. The minimum absolute atomic E-state index is 0.302. The van der Waals surface area contributed by atoms with E-state index in [1.165, 1.54) is 0 Å². The maximum atomic E-state index is 5.47. The quantitative estimate of drug-likeness (QED) is 0.538. The molecule has 1 heterocycles. The van der Waals surface area contributed by atoms with Crippen LogP contribution in [-0.2, 0) is 6.42 Å². The first-order valence-corrected chi connectivity index (χ1v) is 4.76. The molecule has 0 fully saturated rings. The van der Waals surface area contributed by atoms with Gasteiger partial charge in [0, 0.05) is 12.5 Å². The van der Waals surface area contributed by atoms with Crippen LogP contribution in [0.3, 0.4) is 0 Å². The predicted molar refractivity (Wildman–Crippen MR) is 53.0 cm³/mol. The van der Waals surface area contributed by atoms with E-state index in [-0.39, 0.29) is 0 Å². The Labute approximate surface area is 79.3 Å². The van der Waals surface area contributed by atoms with Crippen LogP contribution in [0.1, 0.15) is 26.0 Å². The third kappa shape index (κ3) is 2.86. The second-order valence-electron chi connectivity index (χ2n) is 3.44. The highest BCUT2D eigenvalue weighted by Crippen LogP contribution is 2.12. The van der Waals surface area contributed by atoms with Gasteiger partial charge < -0.3 is 4.42 Å². The molecule has 1 rings (SSSR count). The third-order valence-electron chi connectivity index (χ3n) is 2.55. The van der Waals surface area contributed by atoms with Crippen molar-refractivity contribution in [3.63, 3.8) is 0 Å². The standard InChI is InChI=1S/C10H18N2O/c1-3-8(2)10(12-11)7-9-5-4-6-13-9/h4-6,8,10,12H,3,7,11H2,1-2H3. The van der Waals surface area contributed by atoms with E-state index in [1.54, 1.807) is 6.26 Å². The third-order valence-corrected chi connectivity index (χ3v) is 2.55. The lowest BCUT2D eigenvalue weighted by atomic mass is 9.96. The van der Waals surface area contributed by atoms with Crippen LogP contribution in [0.15, 0.2) is 22.8 Å². The molecule has 1 aromatic rings. The molecule has 0 radical (unpaired) electrons. The van der Waals surface area contributed by atoms with Crippen molar-refractivity contribution in [2.75, 3.05) is 0 Å². The van der Waals surface area contributed by atoms with Crippen LogP contribution in [-0.4, -0.2) is 6.04 Å². The van der Waals surface area contributed by atoms with Gasteiger partial charge in [-0.3, -0.25) is 11.3 Å². The van der Waals surface area contributed by atoms with Crippen molar-refractivity contribution in [2.24, 2.45) is 11.8 Å². The molecule has 2 atom stereocenters. The largest absolute Gasteiger partial charge is 0.469 e. The van der Waals surface area contributed by atoms with E-state index in [4.69, 9.17) is 10.3 Å². The number of furan rings is 1. The summed E-state index contributed by atoms with van der Waals surface area (Å²) >= 11 is 0. The Hall–Kier alpha value is -0.800. The summed E-state index contributed by atoms with van der Waals surface area (Å²) in [5.74, 6) is 7.03. The fourth-order valence-corrected chi connectivity index (χ4v) is 1.35. The van der Waals surface area contributed by atoms with Crippen molar-refractivity contribution in [1.82, 2.24) is 5.43 Å². The highest BCUT2D eigenvalue weighted by Gasteiger charge is 2.15. The zero-order valence-electron chi connectivity index (χ0n) is 8.29. The van der Waals surface area contributed by atoms with Gasteiger partial charge >= 0.3 is 0 Å². The van der Waals surface area contributed by atoms with Crippen molar-refractivity contribution < 1.29 is 4.42 Å². The summed E-state index contributed by atoms with van der Waals surface area (Å²) in [6.07, 6.45) is 3.67. The van der Waals surface area contributed by atoms with Crippen LogP contribution < -0.4 is 11.3 Å². The molecular weight excluding hydrogens is 164 g/mol. The second-order valence-corrected chi connectivity index (χ2v) is 3.44. The molecule has 74 valence electrons. The Morgan fingerprint density at radius 3 is 2.85 bits per heavy atom. The molecule has 0 aliphatic rings. The second kappa shape index (κ2) is 5.04. The van der Waals surface area contributed by atoms with E-state index in [1.807, 2.05) is 12.1 Å². The summed E-state index contributed by atoms with van der Waals surface area (Å²) < 4.78 is 5.26. The molecule has 3 nitrogen and oxygen atoms in total. The molecule has 0 aliphatic carbocycles. The van der Waals surface area contributed by atoms with Gasteiger partial charge in [-0.15, -0.1) is 0 Å². The first kappa shape index (κ1) is 10.3. The minimum atomic E-state index is 0.302. The first-order valence-electron chi connectivity index (χ1n) is 4.76. The Bertz CT molecular complexity index is 221. The zero-order valence-corrected chi connectivity index (χ0v) is 8.29. The molecule has 0 saturated heterocycles. The summed E-state index contributed by atoms with van der Waals surface area (Å²) in [7, 11) is 0. The summed E-state index contributed by atoms with van der Waals surface area (Å²) in [5.41, 5.74) is 2.83. The van der Waals surface area contributed by atoms with E-state index in [0.717, 1.165) is 18.6 Å². The topological polar surface area (TPSA) is 51.2 Å². The van der Waals surface area contributed by atoms with Crippen molar-refractivity contribution in [3.8, 4) is 0 Å². The van der Waals surface area contributed by atoms with Gasteiger partial charge in [-0.25, -0.2) is 0 Å². The molecule has 2 unspecified atom stereocenters. The lowest BCUT2D eigenvalue weighted by Gasteiger charge is -2.20. The summed E-state index contributed by atoms with van der Waals surface area (Å²) in [6, 6.07) is 4.18. The van der Waals surface area contributed by atoms with Crippen LogP contribution in [0.5, 0.6) is 0 Å². The monoisotopic (exact) mass is 182 g/mol. The van der Waals surface area contributed by atoms with Crippen LogP contribution >= 0.6 is 0 Å². The number of hydrogen-bond acceptors (Lipinski definition) is 3. The zero-order chi connectivity index (χ0) is 9.68. The summed E-state index contributed by atoms with van der Waals surface area (Å²) in [5, 5.41) is 0. The van der Waals surface area contributed by atoms with E-state index in [9.17, 15) is 0 Å². The van der Waals surface area contributed by atoms with E-state index in [2.05, 4.69) is 19.3 Å². The fourth-order valence-electron chi connectivity index (χ4n) is 1.35. The van der Waals surface area contributed by atoms with Gasteiger partial charge in [0.1, 0.15) is 5.76 Å². The predicted octanol–water partition coefficient (Wildman–Crippen LogP) is 1.70. The van der Waals surface area contributed by atoms with Gasteiger partial charge in [0.15, 0.2) is 0 Å². The van der Waals surface area contributed by atoms with Crippen LogP contribution in [0.25, 0.3) is 0 Å². The Morgan fingerprint density at radius 2 is 2.38 bits per heavy atom. The Kier molecular flexibility index (Phi) is 3.99. The van der Waals surface area contributed by atoms with Crippen LogP contribution in [0.4, 0.5) is 0 Å². The molecule has 0 amide bonds. The van der Waals surface area contributed by atoms with Crippen molar-refractivity contribution in [3.05, 3.63) is 24.2 Å². The van der Waals surface area contributed by atoms with Gasteiger partial charge in [0.25, 0.3) is 0 Å². The molecule has 0 aromatic carbocycles. The molecule has 13 heavy (non-hydrogen) atoms. The van der Waals surface area contributed by atoms with Crippen LogP contribution in [0.2, 0.25) is 0 Å². The molecule has 3 heteroatoms. The lowest BCUT2D eigenvalue weighted by Crippen LogP contribution is -2.41. The minimum Gasteiger partial charge on any atom is -0.469 e. The van der Waals surface area contributed by atoms with E-state index < -0.39 is 0 Å². The smallest absolute Gasteiger partial charge is 0.105 e.